The molecule has 3 saturated carbocycles. The van der Waals surface area contributed by atoms with Gasteiger partial charge in [-0.3, -0.25) is 33.6 Å². The predicted octanol–water partition coefficient (Wildman–Crippen LogP) is 6.07. The van der Waals surface area contributed by atoms with Gasteiger partial charge in [-0.05, 0) is 144 Å². The van der Waals surface area contributed by atoms with Crippen LogP contribution in [-0.2, 0) is 60.7 Å². The number of methoxy groups -OCH3 is 1. The molecule has 18 nitrogen and oxygen atoms in total. The van der Waals surface area contributed by atoms with E-state index in [1.807, 2.05) is 56.3 Å². The molecule has 0 aliphatic heterocycles. The highest BCUT2D eigenvalue weighted by atomic mass is 16.6. The molecule has 18 heteroatoms. The number of alkyl carbamates (subject to hydrolysis) is 1. The second-order valence-corrected chi connectivity index (χ2v) is 24.7. The van der Waals surface area contributed by atoms with Crippen molar-refractivity contribution in [3.05, 3.63) is 95.6 Å². The van der Waals surface area contributed by atoms with Crippen LogP contribution in [0.15, 0.2) is 84.5 Å². The van der Waals surface area contributed by atoms with E-state index in [1.165, 1.54) is 31.4 Å². The molecule has 4 aliphatic carbocycles. The van der Waals surface area contributed by atoms with Crippen LogP contribution in [0.2, 0.25) is 0 Å². The standard InChI is InChI=1S/C62H87N7O11/c1-37(2)30-49(66-52(71)34-63-55(74)50(31-41-18-14-12-15-19-41)68-59(78)80-60(6,7)8)56(75)65-40(5)57(76)69(36-53(72)64-39(4)54(73)67-51(58(77)79-11)32-42-20-16-13-17-21-42)35-38(3)46-24-25-47-45-23-22-43-33-44(70)26-28-61(43,9)48(45)27-29-62(46,47)10/h12-21,26,28,33,37-40,45-51H,22-25,27,29-32,34-36H2,1-11H3,(H,63,74)(H,64,72)(H,65,75)(H,66,71)(H,67,73)(H,68,78)/t38-,39+,40+,45+,46-,47+,48+,49+,50+,51+,61+,62-/m1/s1. The van der Waals surface area contributed by atoms with Crippen LogP contribution in [-0.4, -0.2) is 121 Å². The number of hydrogen-bond donors (Lipinski definition) is 6. The third-order valence-corrected chi connectivity index (χ3v) is 17.1. The van der Waals surface area contributed by atoms with Crippen LogP contribution in [0.5, 0.6) is 0 Å². The first-order valence-corrected chi connectivity index (χ1v) is 28.6. The maximum absolute atomic E-state index is 14.8. The maximum Gasteiger partial charge on any atom is 0.408 e. The van der Waals surface area contributed by atoms with Crippen molar-refractivity contribution in [3.63, 3.8) is 0 Å². The monoisotopic (exact) mass is 1110 g/mol. The van der Waals surface area contributed by atoms with Gasteiger partial charge in [-0.1, -0.05) is 107 Å². The molecular formula is C62H87N7O11. The average Bonchev–Trinajstić information content (AvgIpc) is 3.80. The number of esters is 1. The van der Waals surface area contributed by atoms with Crippen LogP contribution in [0.3, 0.4) is 0 Å². The number of ether oxygens (including phenoxy) is 2. The molecule has 0 bridgehead atoms. The number of hydrogen-bond acceptors (Lipinski definition) is 11. The lowest BCUT2D eigenvalue weighted by Crippen LogP contribution is -2.57. The minimum absolute atomic E-state index is 0.0507. The topological polar surface area (TPSA) is 248 Å². The van der Waals surface area contributed by atoms with E-state index in [0.29, 0.717) is 17.8 Å². The second kappa shape index (κ2) is 27.1. The van der Waals surface area contributed by atoms with Crippen LogP contribution >= 0.6 is 0 Å². The SMILES string of the molecule is COC(=O)[C@H](Cc1ccccc1)NC(=O)[C@H](C)NC(=O)CN(C[C@@H](C)[C@H]1CC[C@H]2[C@@H]3CCC4=CC(=O)C=C[C@]4(C)[C@H]3CC[C@]12C)C(=O)[C@H](C)NC(=O)[C@H](CC(C)C)NC(=O)CNC(=O)[C@H](Cc1ccccc1)NC(=O)OC(C)(C)C. The van der Waals surface area contributed by atoms with Gasteiger partial charge in [0.1, 0.15) is 35.8 Å². The highest BCUT2D eigenvalue weighted by molar-refractivity contribution is 6.01. The predicted molar refractivity (Wildman–Crippen MR) is 303 cm³/mol. The molecule has 80 heavy (non-hydrogen) atoms. The fourth-order valence-corrected chi connectivity index (χ4v) is 13.3. The van der Waals surface area contributed by atoms with Gasteiger partial charge in [-0.25, -0.2) is 9.59 Å². The Bertz CT molecular complexity index is 2630. The summed E-state index contributed by atoms with van der Waals surface area (Å²) in [5.74, 6) is -3.04. The first-order chi connectivity index (χ1) is 37.7. The molecular weight excluding hydrogens is 1020 g/mol. The lowest BCUT2D eigenvalue weighted by atomic mass is 9.47. The smallest absolute Gasteiger partial charge is 0.408 e. The van der Waals surface area contributed by atoms with E-state index in [-0.39, 0.29) is 60.2 Å². The minimum Gasteiger partial charge on any atom is -0.467 e. The Labute approximate surface area is 472 Å². The average molecular weight is 1110 g/mol. The number of carbonyl (C=O) groups excluding carboxylic acids is 9. The third-order valence-electron chi connectivity index (χ3n) is 17.1. The Morgan fingerprint density at radius 2 is 1.34 bits per heavy atom. The van der Waals surface area contributed by atoms with Gasteiger partial charge in [0.25, 0.3) is 0 Å². The van der Waals surface area contributed by atoms with Crippen LogP contribution in [0.25, 0.3) is 0 Å². The number of rotatable bonds is 23. The second-order valence-electron chi connectivity index (χ2n) is 24.7. The summed E-state index contributed by atoms with van der Waals surface area (Å²) in [5, 5.41) is 16.1. The van der Waals surface area contributed by atoms with Gasteiger partial charge < -0.3 is 46.3 Å². The Hall–Kier alpha value is -6.85. The largest absolute Gasteiger partial charge is 0.467 e. The number of nitrogens with one attached hydrogen (secondary N) is 6. The van der Waals surface area contributed by atoms with Crippen LogP contribution in [0.1, 0.15) is 125 Å². The Kier molecular flexibility index (Phi) is 21.1. The Balaban J connectivity index is 1.15. The van der Waals surface area contributed by atoms with Gasteiger partial charge >= 0.3 is 12.1 Å². The number of benzene rings is 2. The quantitative estimate of drug-likeness (QED) is 0.0698. The minimum atomic E-state index is -1.17. The number of amides is 7. The molecule has 0 aromatic heterocycles. The van der Waals surface area contributed by atoms with E-state index in [9.17, 15) is 43.2 Å². The number of nitrogens with zero attached hydrogens (tertiary/aromatic N) is 1. The van der Waals surface area contributed by atoms with Crippen molar-refractivity contribution in [1.82, 2.24) is 36.8 Å². The first kappa shape index (κ1) is 62.3. The maximum atomic E-state index is 14.8. The van der Waals surface area contributed by atoms with Crippen molar-refractivity contribution >= 4 is 53.3 Å². The van der Waals surface area contributed by atoms with E-state index >= 15 is 0 Å². The summed E-state index contributed by atoms with van der Waals surface area (Å²) in [6.07, 6.45) is 11.2. The van der Waals surface area contributed by atoms with E-state index in [2.05, 4.69) is 58.7 Å². The van der Waals surface area contributed by atoms with Crippen molar-refractivity contribution in [2.75, 3.05) is 26.7 Å². The lowest BCUT2D eigenvalue weighted by Gasteiger charge is -2.57. The van der Waals surface area contributed by atoms with Crippen LogP contribution in [0, 0.1) is 46.3 Å². The molecule has 436 valence electrons. The molecule has 2 aromatic rings. The summed E-state index contributed by atoms with van der Waals surface area (Å²) in [6.45, 7) is 17.8. The van der Waals surface area contributed by atoms with E-state index in [0.717, 1.165) is 49.7 Å². The van der Waals surface area contributed by atoms with Crippen molar-refractivity contribution in [2.24, 2.45) is 46.3 Å². The Morgan fingerprint density at radius 1 is 0.700 bits per heavy atom. The number of ketones is 1. The van der Waals surface area contributed by atoms with Gasteiger partial charge in [0.15, 0.2) is 5.78 Å². The third kappa shape index (κ3) is 16.2. The fourth-order valence-electron chi connectivity index (χ4n) is 13.3. The van der Waals surface area contributed by atoms with Crippen molar-refractivity contribution < 1.29 is 52.6 Å². The molecule has 0 unspecified atom stereocenters. The molecule has 0 spiro atoms. The molecule has 6 N–H and O–H groups in total. The molecule has 2 aromatic carbocycles. The van der Waals surface area contributed by atoms with Gasteiger partial charge in [-0.2, -0.15) is 0 Å². The summed E-state index contributed by atoms with van der Waals surface area (Å²) in [4.78, 5) is 123. The number of fused-ring (bicyclic) bond motifs is 5. The summed E-state index contributed by atoms with van der Waals surface area (Å²) < 4.78 is 10.4. The molecule has 4 aliphatic rings. The van der Waals surface area contributed by atoms with Gasteiger partial charge in [0, 0.05) is 24.8 Å². The van der Waals surface area contributed by atoms with Crippen molar-refractivity contribution in [3.8, 4) is 0 Å². The summed E-state index contributed by atoms with van der Waals surface area (Å²) in [7, 11) is 1.23. The summed E-state index contributed by atoms with van der Waals surface area (Å²) in [6, 6.07) is 12.6. The van der Waals surface area contributed by atoms with Gasteiger partial charge in [0.2, 0.25) is 35.4 Å². The first-order valence-electron chi connectivity index (χ1n) is 28.6. The van der Waals surface area contributed by atoms with Gasteiger partial charge in [0.05, 0.1) is 20.2 Å². The summed E-state index contributed by atoms with van der Waals surface area (Å²) >= 11 is 0. The zero-order valence-corrected chi connectivity index (χ0v) is 48.8. The highest BCUT2D eigenvalue weighted by Gasteiger charge is 2.59. The Morgan fingerprint density at radius 3 is 1.95 bits per heavy atom. The molecule has 6 rings (SSSR count). The zero-order chi connectivity index (χ0) is 58.7. The molecule has 0 radical (unpaired) electrons. The summed E-state index contributed by atoms with van der Waals surface area (Å²) in [5.41, 5.74) is 1.74. The highest BCUT2D eigenvalue weighted by Crippen LogP contribution is 2.67. The van der Waals surface area contributed by atoms with E-state index < -0.39 is 96.4 Å². The van der Waals surface area contributed by atoms with Crippen molar-refractivity contribution in [2.45, 2.75) is 163 Å². The number of carbonyl (C=O) groups is 9. The van der Waals surface area contributed by atoms with Crippen LogP contribution in [0.4, 0.5) is 4.79 Å². The molecule has 7 amide bonds. The lowest BCUT2D eigenvalue weighted by molar-refractivity contribution is -0.145. The zero-order valence-electron chi connectivity index (χ0n) is 48.8. The molecule has 12 atom stereocenters. The molecule has 0 heterocycles. The van der Waals surface area contributed by atoms with Gasteiger partial charge in [-0.15, -0.1) is 0 Å². The molecule has 3 fully saturated rings. The normalized spacial score (nSPS) is 24.3. The van der Waals surface area contributed by atoms with E-state index in [1.54, 1.807) is 51.1 Å². The number of allylic oxidation sites excluding steroid dienone is 4. The van der Waals surface area contributed by atoms with E-state index in [4.69, 9.17) is 9.47 Å². The van der Waals surface area contributed by atoms with Crippen molar-refractivity contribution in [1.29, 1.82) is 0 Å². The molecule has 0 saturated heterocycles. The fraction of sp³-hybridized carbons (Fsp3) is 0.597. The van der Waals surface area contributed by atoms with Crippen LogP contribution < -0.4 is 31.9 Å².